The maximum absolute atomic E-state index is 13.2. The minimum Gasteiger partial charge on any atom is -0.391 e. The van der Waals surface area contributed by atoms with Crippen LogP contribution in [0.25, 0.3) is 22.2 Å². The zero-order valence-corrected chi connectivity index (χ0v) is 22.6. The number of anilines is 2. The van der Waals surface area contributed by atoms with Crippen molar-refractivity contribution in [2.24, 2.45) is 5.41 Å². The van der Waals surface area contributed by atoms with Crippen molar-refractivity contribution in [1.82, 2.24) is 25.2 Å². The van der Waals surface area contributed by atoms with E-state index in [9.17, 15) is 9.18 Å². The Balaban J connectivity index is 1.66. The number of carbonyl (C=O) groups excluding carboxylic acids is 1. The van der Waals surface area contributed by atoms with Crippen molar-refractivity contribution in [3.63, 3.8) is 0 Å². The van der Waals surface area contributed by atoms with Crippen LogP contribution < -0.4 is 15.4 Å². The molecule has 0 radical (unpaired) electrons. The molecule has 192 valence electrons. The van der Waals surface area contributed by atoms with Gasteiger partial charge in [-0.05, 0) is 55.9 Å². The van der Waals surface area contributed by atoms with E-state index in [2.05, 4.69) is 60.3 Å². The van der Waals surface area contributed by atoms with Gasteiger partial charge in [-0.3, -0.25) is 0 Å². The number of halogens is 2. The first-order chi connectivity index (χ1) is 17.6. The molecule has 4 rings (SSSR count). The highest BCUT2D eigenvalue weighted by Gasteiger charge is 2.22. The fraction of sp³-hybridized carbons (Fsp3) is 0.259. The Labute approximate surface area is 223 Å². The molecule has 2 aromatic carbocycles. The maximum atomic E-state index is 13.2. The van der Waals surface area contributed by atoms with Gasteiger partial charge >= 0.3 is 6.09 Å². The second-order valence-electron chi connectivity index (χ2n) is 9.70. The first-order valence-corrected chi connectivity index (χ1v) is 12.4. The van der Waals surface area contributed by atoms with Crippen LogP contribution in [0.15, 0.2) is 65.3 Å². The highest BCUT2D eigenvalue weighted by molar-refractivity contribution is 9.10. The van der Waals surface area contributed by atoms with E-state index in [1.807, 2.05) is 44.4 Å². The number of nitrogens with one attached hydrogen (secondary N) is 2. The number of fused-ring (bicyclic) bond motifs is 1. The summed E-state index contributed by atoms with van der Waals surface area (Å²) in [6.45, 7) is 5.36. The highest BCUT2D eigenvalue weighted by Crippen LogP contribution is 2.36. The van der Waals surface area contributed by atoms with Gasteiger partial charge < -0.3 is 20.3 Å². The molecule has 0 saturated heterocycles. The average molecular weight is 567 g/mol. The molecule has 0 atom stereocenters. The van der Waals surface area contributed by atoms with Crippen molar-refractivity contribution in [3.8, 4) is 17.0 Å². The van der Waals surface area contributed by atoms with E-state index >= 15 is 0 Å². The second-order valence-corrected chi connectivity index (χ2v) is 10.6. The fourth-order valence-electron chi connectivity index (χ4n) is 3.97. The predicted molar refractivity (Wildman–Crippen MR) is 147 cm³/mol. The molecule has 0 fully saturated rings. The molecule has 0 unspecified atom stereocenters. The van der Waals surface area contributed by atoms with Crippen molar-refractivity contribution in [2.45, 2.75) is 13.8 Å². The Morgan fingerprint density at radius 3 is 2.51 bits per heavy atom. The van der Waals surface area contributed by atoms with Gasteiger partial charge in [-0.15, -0.1) is 0 Å². The third-order valence-corrected chi connectivity index (χ3v) is 6.13. The molecule has 2 aromatic heterocycles. The zero-order chi connectivity index (χ0) is 26.6. The molecular formula is C27H28BrFN6O2. The minimum atomic E-state index is -0.606. The molecule has 2 heterocycles. The van der Waals surface area contributed by atoms with Gasteiger partial charge in [-0.2, -0.15) is 9.97 Å². The van der Waals surface area contributed by atoms with E-state index in [1.165, 1.54) is 12.1 Å². The number of hydrogen-bond acceptors (Lipinski definition) is 7. The molecule has 0 aliphatic carbocycles. The van der Waals surface area contributed by atoms with Gasteiger partial charge in [0.2, 0.25) is 11.8 Å². The Hall–Kier alpha value is -3.63. The first-order valence-electron chi connectivity index (χ1n) is 11.7. The lowest BCUT2D eigenvalue weighted by Crippen LogP contribution is -2.41. The number of ether oxygens (including phenoxy) is 1. The third kappa shape index (κ3) is 6.99. The smallest absolute Gasteiger partial charge is 0.391 e. The van der Waals surface area contributed by atoms with Gasteiger partial charge in [-0.25, -0.2) is 14.2 Å². The van der Waals surface area contributed by atoms with Crippen LogP contribution in [0.3, 0.4) is 0 Å². The number of hydrogen-bond donors (Lipinski definition) is 2. The Bertz CT molecular complexity index is 1410. The van der Waals surface area contributed by atoms with E-state index in [0.29, 0.717) is 28.8 Å². The van der Waals surface area contributed by atoms with Crippen LogP contribution in [0.2, 0.25) is 0 Å². The molecule has 4 aromatic rings. The van der Waals surface area contributed by atoms with Crippen molar-refractivity contribution in [2.75, 3.05) is 32.5 Å². The van der Waals surface area contributed by atoms with Crippen molar-refractivity contribution in [1.29, 1.82) is 0 Å². The van der Waals surface area contributed by atoms with Gasteiger partial charge in [0.05, 0.1) is 0 Å². The molecule has 1 amide bonds. The summed E-state index contributed by atoms with van der Waals surface area (Å²) < 4.78 is 19.8. The molecule has 0 aliphatic rings. The fourth-order valence-corrected chi connectivity index (χ4v) is 4.47. The van der Waals surface area contributed by atoms with Gasteiger partial charge in [0.15, 0.2) is 5.65 Å². The molecule has 10 heteroatoms. The quantitative estimate of drug-likeness (QED) is 0.269. The van der Waals surface area contributed by atoms with Crippen molar-refractivity contribution in [3.05, 3.63) is 71.1 Å². The largest absolute Gasteiger partial charge is 0.413 e. The van der Waals surface area contributed by atoms with Crippen LogP contribution in [-0.4, -0.2) is 53.1 Å². The van der Waals surface area contributed by atoms with E-state index in [4.69, 9.17) is 4.74 Å². The summed E-state index contributed by atoms with van der Waals surface area (Å²) in [4.78, 5) is 28.3. The normalized spacial score (nSPS) is 11.5. The SMILES string of the molecule is CN(C)CC(C)(C)CNC(=O)Oc1nc2nc(Nc3ccc(F)cc3)ncc2cc1-c1ccccc1Br. The van der Waals surface area contributed by atoms with Crippen LogP contribution in [-0.2, 0) is 0 Å². The predicted octanol–water partition coefficient (Wildman–Crippen LogP) is 6.01. The van der Waals surface area contributed by atoms with Crippen molar-refractivity contribution < 1.29 is 13.9 Å². The lowest BCUT2D eigenvalue weighted by Gasteiger charge is -2.28. The van der Waals surface area contributed by atoms with Crippen LogP contribution >= 0.6 is 15.9 Å². The molecule has 8 nitrogen and oxygen atoms in total. The number of carbonyl (C=O) groups is 1. The summed E-state index contributed by atoms with van der Waals surface area (Å²) in [5.74, 6) is 0.0613. The number of rotatable bonds is 8. The first kappa shape index (κ1) is 26.4. The van der Waals surface area contributed by atoms with Gasteiger partial charge in [0.1, 0.15) is 5.82 Å². The number of benzene rings is 2. The summed E-state index contributed by atoms with van der Waals surface area (Å²) in [6, 6.07) is 15.3. The molecule has 2 N–H and O–H groups in total. The summed E-state index contributed by atoms with van der Waals surface area (Å²) in [7, 11) is 3.98. The molecule has 0 aliphatic heterocycles. The molecular weight excluding hydrogens is 539 g/mol. The average Bonchev–Trinajstić information content (AvgIpc) is 2.84. The molecule has 0 bridgehead atoms. The summed E-state index contributed by atoms with van der Waals surface area (Å²) >= 11 is 3.57. The Morgan fingerprint density at radius 2 is 1.81 bits per heavy atom. The standard InChI is InChI=1S/C27H28BrFN6O2/c1-27(2,16-35(3)4)15-31-26(36)37-24-21(20-7-5-6-8-22(20)28)13-17-14-30-25(34-23(17)33-24)32-19-11-9-18(29)10-12-19/h5-14H,15-16H2,1-4H3,(H,31,36)(H,30,32,33,34). The van der Waals surface area contributed by atoms with E-state index < -0.39 is 6.09 Å². The number of amides is 1. The molecule has 0 spiro atoms. The van der Waals surface area contributed by atoms with Crippen molar-refractivity contribution >= 4 is 44.7 Å². The third-order valence-electron chi connectivity index (χ3n) is 5.44. The van der Waals surface area contributed by atoms with E-state index in [0.717, 1.165) is 16.6 Å². The molecule has 0 saturated carbocycles. The number of pyridine rings is 1. The number of nitrogens with zero attached hydrogens (tertiary/aromatic N) is 4. The maximum Gasteiger partial charge on any atom is 0.413 e. The minimum absolute atomic E-state index is 0.119. The summed E-state index contributed by atoms with van der Waals surface area (Å²) in [5.41, 5.74) is 2.23. The summed E-state index contributed by atoms with van der Waals surface area (Å²) in [6.07, 6.45) is 1.03. The van der Waals surface area contributed by atoms with Gasteiger partial charge in [0.25, 0.3) is 0 Å². The van der Waals surface area contributed by atoms with Gasteiger partial charge in [-0.1, -0.05) is 48.0 Å². The topological polar surface area (TPSA) is 92.3 Å². The number of aromatic nitrogens is 3. The van der Waals surface area contributed by atoms with Crippen LogP contribution in [0, 0.1) is 11.2 Å². The molecule has 37 heavy (non-hydrogen) atoms. The van der Waals surface area contributed by atoms with E-state index in [1.54, 1.807) is 18.3 Å². The Morgan fingerprint density at radius 1 is 1.08 bits per heavy atom. The van der Waals surface area contributed by atoms with Crippen LogP contribution in [0.5, 0.6) is 5.88 Å². The zero-order valence-electron chi connectivity index (χ0n) is 21.0. The highest BCUT2D eigenvalue weighted by atomic mass is 79.9. The lowest BCUT2D eigenvalue weighted by molar-refractivity contribution is 0.184. The Kier molecular flexibility index (Phi) is 7.99. The van der Waals surface area contributed by atoms with Gasteiger partial charge in [0, 0.05) is 46.0 Å². The second kappa shape index (κ2) is 11.2. The lowest BCUT2D eigenvalue weighted by atomic mass is 9.93. The van der Waals surface area contributed by atoms with Crippen LogP contribution in [0.1, 0.15) is 13.8 Å². The summed E-state index contributed by atoms with van der Waals surface area (Å²) in [5, 5.41) is 6.54. The monoisotopic (exact) mass is 566 g/mol. The van der Waals surface area contributed by atoms with E-state index in [-0.39, 0.29) is 23.1 Å². The van der Waals surface area contributed by atoms with Crippen LogP contribution in [0.4, 0.5) is 20.8 Å².